The number of cyclic esters (lactones) is 1. The van der Waals surface area contributed by atoms with Gasteiger partial charge >= 0.3 is 12.1 Å². The van der Waals surface area contributed by atoms with Gasteiger partial charge in [0.15, 0.2) is 6.04 Å². The Bertz CT molecular complexity index is 517. The lowest BCUT2D eigenvalue weighted by molar-refractivity contribution is -0.174. The van der Waals surface area contributed by atoms with Gasteiger partial charge in [0.1, 0.15) is 11.9 Å². The first-order valence-corrected chi connectivity index (χ1v) is 7.44. The molecule has 2 atom stereocenters. The van der Waals surface area contributed by atoms with Crippen molar-refractivity contribution in [1.29, 1.82) is 0 Å². The Morgan fingerprint density at radius 1 is 1.27 bits per heavy atom. The van der Waals surface area contributed by atoms with Crippen molar-refractivity contribution < 1.29 is 23.5 Å². The summed E-state index contributed by atoms with van der Waals surface area (Å²) in [7, 11) is 0. The van der Waals surface area contributed by atoms with E-state index in [0.717, 1.165) is 31.2 Å². The minimum absolute atomic E-state index is 0.229. The van der Waals surface area contributed by atoms with Crippen LogP contribution in [0.4, 0.5) is 9.18 Å². The van der Waals surface area contributed by atoms with Gasteiger partial charge in [0, 0.05) is 0 Å². The molecule has 120 valence electrons. The molecule has 1 aliphatic rings. The molecular formula is C16H20FNO4. The molecule has 1 aromatic carbocycles. The van der Waals surface area contributed by atoms with Gasteiger partial charge in [-0.3, -0.25) is 0 Å². The predicted octanol–water partition coefficient (Wildman–Crippen LogP) is 2.58. The van der Waals surface area contributed by atoms with E-state index in [1.165, 1.54) is 12.1 Å². The molecule has 1 heterocycles. The second-order valence-electron chi connectivity index (χ2n) is 5.34. The first-order valence-electron chi connectivity index (χ1n) is 7.44. The molecule has 0 radical (unpaired) electrons. The Hall–Kier alpha value is -2.11. The number of rotatable bonds is 7. The lowest BCUT2D eigenvalue weighted by Gasteiger charge is -2.32. The molecule has 0 aromatic heterocycles. The molecule has 2 rings (SSSR count). The van der Waals surface area contributed by atoms with Crippen LogP contribution in [0.2, 0.25) is 0 Å². The molecule has 1 fully saturated rings. The van der Waals surface area contributed by atoms with Gasteiger partial charge in [-0.05, 0) is 50.3 Å². The van der Waals surface area contributed by atoms with E-state index in [0.29, 0.717) is 6.61 Å². The highest BCUT2D eigenvalue weighted by molar-refractivity contribution is 5.86. The molecule has 0 bridgehead atoms. The van der Waals surface area contributed by atoms with Crippen molar-refractivity contribution >= 4 is 12.1 Å². The Morgan fingerprint density at radius 3 is 2.64 bits per heavy atom. The molecule has 0 spiro atoms. The fraction of sp³-hybridized carbons (Fsp3) is 0.500. The normalized spacial score (nSPS) is 20.0. The van der Waals surface area contributed by atoms with Crippen LogP contribution in [0.1, 0.15) is 31.7 Å². The van der Waals surface area contributed by atoms with Crippen LogP contribution in [0, 0.1) is 5.82 Å². The van der Waals surface area contributed by atoms with Crippen molar-refractivity contribution in [2.75, 3.05) is 6.61 Å². The molecule has 1 amide bonds. The molecule has 1 N–H and O–H groups in total. The Balaban J connectivity index is 1.51. The topological polar surface area (TPSA) is 64.6 Å². The highest BCUT2D eigenvalue weighted by Gasteiger charge is 2.40. The number of halogens is 1. The number of hydrogen-bond donors (Lipinski definition) is 1. The summed E-state index contributed by atoms with van der Waals surface area (Å²) in [5, 5.41) is 2.47. The van der Waals surface area contributed by atoms with E-state index < -0.39 is 18.1 Å². The number of carbonyl (C=O) groups excluding carboxylic acids is 2. The zero-order valence-corrected chi connectivity index (χ0v) is 12.5. The lowest BCUT2D eigenvalue weighted by atomic mass is 10.1. The van der Waals surface area contributed by atoms with Crippen molar-refractivity contribution in [2.45, 2.75) is 44.8 Å². The summed E-state index contributed by atoms with van der Waals surface area (Å²) in [6, 6.07) is 5.87. The highest BCUT2D eigenvalue weighted by Crippen LogP contribution is 2.13. The molecule has 22 heavy (non-hydrogen) atoms. The summed E-state index contributed by atoms with van der Waals surface area (Å²) in [5.74, 6) is -0.656. The van der Waals surface area contributed by atoms with Crippen molar-refractivity contribution in [1.82, 2.24) is 5.32 Å². The van der Waals surface area contributed by atoms with Gasteiger partial charge in [0.2, 0.25) is 0 Å². The standard InChI is InChI=1S/C16H20FNO4/c1-11-14(15(19)22-11)18-16(20)21-10-4-2-3-5-12-6-8-13(17)9-7-12/h6-9,11,14H,2-5,10H2,1H3,(H,18,20)/t11-,14+/m0/s1. The number of ether oxygens (including phenoxy) is 2. The number of unbranched alkanes of at least 4 members (excludes halogenated alkanes) is 2. The maximum Gasteiger partial charge on any atom is 0.407 e. The van der Waals surface area contributed by atoms with E-state index in [1.54, 1.807) is 19.1 Å². The summed E-state index contributed by atoms with van der Waals surface area (Å²) in [5.41, 5.74) is 1.09. The fourth-order valence-corrected chi connectivity index (χ4v) is 2.21. The third-order valence-corrected chi connectivity index (χ3v) is 3.55. The average Bonchev–Trinajstić information content (AvgIpc) is 2.50. The van der Waals surface area contributed by atoms with Crippen LogP contribution in [0.5, 0.6) is 0 Å². The van der Waals surface area contributed by atoms with E-state index in [1.807, 2.05) is 0 Å². The fourth-order valence-electron chi connectivity index (χ4n) is 2.21. The predicted molar refractivity (Wildman–Crippen MR) is 77.8 cm³/mol. The van der Waals surface area contributed by atoms with E-state index in [9.17, 15) is 14.0 Å². The molecule has 5 nitrogen and oxygen atoms in total. The third-order valence-electron chi connectivity index (χ3n) is 3.55. The van der Waals surface area contributed by atoms with E-state index in [2.05, 4.69) is 5.32 Å². The van der Waals surface area contributed by atoms with Gasteiger partial charge in [-0.25, -0.2) is 14.0 Å². The van der Waals surface area contributed by atoms with Crippen LogP contribution in [-0.4, -0.2) is 30.8 Å². The molecule has 1 saturated heterocycles. The maximum atomic E-state index is 12.7. The molecule has 6 heteroatoms. The van der Waals surface area contributed by atoms with Gasteiger partial charge in [0.05, 0.1) is 6.61 Å². The van der Waals surface area contributed by atoms with Crippen LogP contribution in [0.3, 0.4) is 0 Å². The van der Waals surface area contributed by atoms with Crippen molar-refractivity contribution in [3.05, 3.63) is 35.6 Å². The quantitative estimate of drug-likeness (QED) is 0.621. The van der Waals surface area contributed by atoms with Gasteiger partial charge in [-0.1, -0.05) is 12.1 Å². The monoisotopic (exact) mass is 309 g/mol. The lowest BCUT2D eigenvalue weighted by Crippen LogP contribution is -2.58. The molecule has 1 aromatic rings. The smallest absolute Gasteiger partial charge is 0.407 e. The second-order valence-corrected chi connectivity index (χ2v) is 5.34. The van der Waals surface area contributed by atoms with Crippen LogP contribution in [0.25, 0.3) is 0 Å². The van der Waals surface area contributed by atoms with E-state index in [4.69, 9.17) is 9.47 Å². The number of aryl methyl sites for hydroxylation is 1. The number of alkyl carbamates (subject to hydrolysis) is 1. The van der Waals surface area contributed by atoms with Gasteiger partial charge in [0.25, 0.3) is 0 Å². The Labute approximate surface area is 128 Å². The van der Waals surface area contributed by atoms with E-state index >= 15 is 0 Å². The maximum absolute atomic E-state index is 12.7. The summed E-state index contributed by atoms with van der Waals surface area (Å²) in [6.07, 6.45) is 2.59. The Kier molecular flexibility index (Phi) is 5.75. The number of amides is 1. The first-order chi connectivity index (χ1) is 10.6. The zero-order chi connectivity index (χ0) is 15.9. The zero-order valence-electron chi connectivity index (χ0n) is 12.5. The van der Waals surface area contributed by atoms with Gasteiger partial charge in [-0.2, -0.15) is 0 Å². The largest absolute Gasteiger partial charge is 0.458 e. The minimum atomic E-state index is -0.592. The molecular weight excluding hydrogens is 289 g/mol. The number of nitrogens with one attached hydrogen (secondary N) is 1. The molecule has 1 aliphatic heterocycles. The SMILES string of the molecule is C[C@@H]1OC(=O)[C@@H]1NC(=O)OCCCCCc1ccc(F)cc1. The number of esters is 1. The van der Waals surface area contributed by atoms with Gasteiger partial charge < -0.3 is 14.8 Å². The first kappa shape index (κ1) is 16.3. The minimum Gasteiger partial charge on any atom is -0.458 e. The summed E-state index contributed by atoms with van der Waals surface area (Å²) in [4.78, 5) is 22.5. The van der Waals surface area contributed by atoms with Crippen LogP contribution < -0.4 is 5.32 Å². The number of carbonyl (C=O) groups is 2. The third kappa shape index (κ3) is 4.72. The number of hydrogen-bond acceptors (Lipinski definition) is 4. The number of benzene rings is 1. The second kappa shape index (κ2) is 7.77. The van der Waals surface area contributed by atoms with Crippen molar-refractivity contribution in [2.24, 2.45) is 0 Å². The molecule has 0 unspecified atom stereocenters. The summed E-state index contributed by atoms with van der Waals surface area (Å²) < 4.78 is 22.5. The Morgan fingerprint density at radius 2 is 2.00 bits per heavy atom. The molecule has 0 aliphatic carbocycles. The highest BCUT2D eigenvalue weighted by atomic mass is 19.1. The summed E-state index contributed by atoms with van der Waals surface area (Å²) in [6.45, 7) is 2.02. The molecule has 0 saturated carbocycles. The van der Waals surface area contributed by atoms with Crippen molar-refractivity contribution in [3.63, 3.8) is 0 Å². The van der Waals surface area contributed by atoms with Crippen LogP contribution >= 0.6 is 0 Å². The van der Waals surface area contributed by atoms with Crippen LogP contribution in [-0.2, 0) is 20.7 Å². The van der Waals surface area contributed by atoms with E-state index in [-0.39, 0.29) is 11.9 Å². The van der Waals surface area contributed by atoms with Crippen LogP contribution in [0.15, 0.2) is 24.3 Å². The average molecular weight is 309 g/mol. The van der Waals surface area contributed by atoms with Gasteiger partial charge in [-0.15, -0.1) is 0 Å². The summed E-state index contributed by atoms with van der Waals surface area (Å²) >= 11 is 0. The van der Waals surface area contributed by atoms with Crippen molar-refractivity contribution in [3.8, 4) is 0 Å².